The molecule has 3 atom stereocenters. The van der Waals surface area contributed by atoms with E-state index >= 15 is 0 Å². The standard InChI is InChI=1S/C30H39NS.C2H6.3H2/c1-8-11-12-24-16-25(14-13-20(24)6)28-18-29(32)31-21(7)30(28)27-17-26(19(4)5)22(9-2)15-23(27)10-3;1-2;;;/h9-10,13-17,19,21,28,30H,2-3,8,11-12,18H2,1,4-7H3,(H,31,32);1-2H3;3*1H. The van der Waals surface area contributed by atoms with E-state index in [0.717, 1.165) is 17.8 Å². The lowest BCUT2D eigenvalue weighted by Gasteiger charge is -2.40. The molecular weight excluding hydrogens is 430 g/mol. The summed E-state index contributed by atoms with van der Waals surface area (Å²) in [7, 11) is 0. The highest BCUT2D eigenvalue weighted by atomic mass is 32.1. The average molecular weight is 482 g/mol. The van der Waals surface area contributed by atoms with E-state index in [9.17, 15) is 0 Å². The van der Waals surface area contributed by atoms with Crippen molar-refractivity contribution in [2.24, 2.45) is 0 Å². The number of aryl methyl sites for hydroxylation is 2. The van der Waals surface area contributed by atoms with E-state index in [1.807, 2.05) is 26.0 Å². The Morgan fingerprint density at radius 1 is 1.12 bits per heavy atom. The molecule has 0 bridgehead atoms. The maximum absolute atomic E-state index is 5.71. The van der Waals surface area contributed by atoms with Gasteiger partial charge in [0.2, 0.25) is 0 Å². The fourth-order valence-electron chi connectivity index (χ4n) is 5.26. The van der Waals surface area contributed by atoms with Gasteiger partial charge in [0.1, 0.15) is 0 Å². The molecule has 1 N–H and O–H groups in total. The molecule has 3 unspecified atom stereocenters. The minimum Gasteiger partial charge on any atom is -0.377 e. The Balaban J connectivity index is 0. The predicted molar refractivity (Wildman–Crippen MR) is 163 cm³/mol. The zero-order chi connectivity index (χ0) is 25.4. The first-order valence-electron chi connectivity index (χ1n) is 13.1. The van der Waals surface area contributed by atoms with Gasteiger partial charge >= 0.3 is 0 Å². The van der Waals surface area contributed by atoms with Crippen molar-refractivity contribution in [1.82, 2.24) is 5.32 Å². The lowest BCUT2D eigenvalue weighted by atomic mass is 9.71. The molecule has 1 fully saturated rings. The van der Waals surface area contributed by atoms with Gasteiger partial charge in [0, 0.05) is 22.7 Å². The topological polar surface area (TPSA) is 12.0 Å². The lowest BCUT2D eigenvalue weighted by Crippen LogP contribution is -2.45. The number of unbranched alkanes of at least 4 members (excludes halogenated alkanes) is 1. The second kappa shape index (κ2) is 13.0. The fourth-order valence-corrected chi connectivity index (χ4v) is 5.62. The molecule has 1 heterocycles. The molecule has 0 aromatic heterocycles. The fraction of sp³-hybridized carbons (Fsp3) is 0.469. The van der Waals surface area contributed by atoms with Crippen molar-refractivity contribution >= 4 is 29.4 Å². The van der Waals surface area contributed by atoms with E-state index in [0.29, 0.717) is 17.8 Å². The van der Waals surface area contributed by atoms with E-state index in [2.05, 4.69) is 83.4 Å². The molecule has 0 saturated carbocycles. The molecule has 1 saturated heterocycles. The lowest BCUT2D eigenvalue weighted by molar-refractivity contribution is 0.417. The summed E-state index contributed by atoms with van der Waals surface area (Å²) in [6.45, 7) is 23.5. The van der Waals surface area contributed by atoms with Crippen LogP contribution < -0.4 is 5.32 Å². The maximum atomic E-state index is 5.71. The van der Waals surface area contributed by atoms with E-state index < -0.39 is 0 Å². The van der Waals surface area contributed by atoms with Crippen LogP contribution in [0, 0.1) is 6.92 Å². The summed E-state index contributed by atoms with van der Waals surface area (Å²) in [5.41, 5.74) is 9.43. The molecule has 190 valence electrons. The van der Waals surface area contributed by atoms with Crippen molar-refractivity contribution in [3.8, 4) is 0 Å². The molecule has 1 nitrogen and oxygen atoms in total. The number of piperidine rings is 1. The number of nitrogens with one attached hydrogen (secondary N) is 1. The van der Waals surface area contributed by atoms with Crippen LogP contribution in [0.15, 0.2) is 43.5 Å². The maximum Gasteiger partial charge on any atom is 0.0762 e. The van der Waals surface area contributed by atoms with Crippen LogP contribution in [0.5, 0.6) is 0 Å². The number of hydrogen-bond acceptors (Lipinski definition) is 1. The van der Waals surface area contributed by atoms with Gasteiger partial charge < -0.3 is 5.32 Å². The monoisotopic (exact) mass is 481 g/mol. The number of thiocarbonyl (C=S) groups is 1. The van der Waals surface area contributed by atoms with Crippen LogP contribution in [0.2, 0.25) is 0 Å². The van der Waals surface area contributed by atoms with Crippen LogP contribution in [-0.2, 0) is 6.42 Å². The van der Waals surface area contributed by atoms with Crippen molar-refractivity contribution in [2.75, 3.05) is 0 Å². The Labute approximate surface area is 219 Å². The third-order valence-electron chi connectivity index (χ3n) is 7.08. The molecule has 0 radical (unpaired) electrons. The normalized spacial score (nSPS) is 19.8. The van der Waals surface area contributed by atoms with Crippen molar-refractivity contribution in [3.63, 3.8) is 0 Å². The first-order chi connectivity index (χ1) is 16.3. The highest BCUT2D eigenvalue weighted by Crippen LogP contribution is 2.44. The van der Waals surface area contributed by atoms with Gasteiger partial charge in [-0.2, -0.15) is 0 Å². The van der Waals surface area contributed by atoms with Gasteiger partial charge in [-0.3, -0.25) is 0 Å². The molecule has 0 aliphatic carbocycles. The van der Waals surface area contributed by atoms with Gasteiger partial charge in [0.05, 0.1) is 4.99 Å². The molecule has 3 rings (SSSR count). The van der Waals surface area contributed by atoms with Crippen LogP contribution in [0.25, 0.3) is 12.2 Å². The molecule has 2 heteroatoms. The zero-order valence-electron chi connectivity index (χ0n) is 22.5. The van der Waals surface area contributed by atoms with Gasteiger partial charge in [0.15, 0.2) is 0 Å². The van der Waals surface area contributed by atoms with E-state index in [4.69, 9.17) is 12.2 Å². The van der Waals surface area contributed by atoms with Crippen molar-refractivity contribution in [3.05, 3.63) is 82.4 Å². The van der Waals surface area contributed by atoms with Crippen LogP contribution in [0.3, 0.4) is 0 Å². The minimum absolute atomic E-state index is 0. The SMILES string of the molecule is C=Cc1cc(C=C)c(C2C(C)NC(=S)CC2c2ccc(C)c(CCCC)c2)cc1C(C)C.CC.[HH].[HH].[HH]. The van der Waals surface area contributed by atoms with Crippen molar-refractivity contribution in [1.29, 1.82) is 0 Å². The third-order valence-corrected chi connectivity index (χ3v) is 7.36. The summed E-state index contributed by atoms with van der Waals surface area (Å²) < 4.78 is 0. The van der Waals surface area contributed by atoms with Crippen LogP contribution >= 0.6 is 12.2 Å². The molecule has 2 aromatic carbocycles. The Morgan fingerprint density at radius 3 is 2.38 bits per heavy atom. The Morgan fingerprint density at radius 2 is 1.79 bits per heavy atom. The molecule has 34 heavy (non-hydrogen) atoms. The summed E-state index contributed by atoms with van der Waals surface area (Å²) in [6.07, 6.45) is 8.46. The zero-order valence-corrected chi connectivity index (χ0v) is 23.3. The van der Waals surface area contributed by atoms with Gasteiger partial charge in [-0.15, -0.1) is 0 Å². The molecule has 0 amide bonds. The molecule has 0 spiro atoms. The summed E-state index contributed by atoms with van der Waals surface area (Å²) in [6, 6.07) is 12.0. The summed E-state index contributed by atoms with van der Waals surface area (Å²) in [5.74, 6) is 1.12. The third kappa shape index (κ3) is 6.27. The minimum atomic E-state index is 0. The number of hydrogen-bond donors (Lipinski definition) is 1. The quantitative estimate of drug-likeness (QED) is 0.376. The summed E-state index contributed by atoms with van der Waals surface area (Å²) in [4.78, 5) is 0.974. The van der Waals surface area contributed by atoms with E-state index in [1.54, 1.807) is 0 Å². The van der Waals surface area contributed by atoms with Gasteiger partial charge in [-0.25, -0.2) is 0 Å². The van der Waals surface area contributed by atoms with Crippen LogP contribution in [-0.4, -0.2) is 11.0 Å². The van der Waals surface area contributed by atoms with Crippen LogP contribution in [0.1, 0.15) is 122 Å². The molecular formula is C32H51NS. The van der Waals surface area contributed by atoms with Gasteiger partial charge in [-0.1, -0.05) is 103 Å². The van der Waals surface area contributed by atoms with Crippen molar-refractivity contribution in [2.45, 2.75) is 97.9 Å². The Bertz CT molecular complexity index is 1020. The second-order valence-corrected chi connectivity index (χ2v) is 10.1. The highest BCUT2D eigenvalue weighted by Gasteiger charge is 2.36. The summed E-state index contributed by atoms with van der Waals surface area (Å²) >= 11 is 5.71. The first-order valence-corrected chi connectivity index (χ1v) is 13.5. The molecule has 1 aliphatic rings. The van der Waals surface area contributed by atoms with Gasteiger partial charge in [-0.05, 0) is 83.5 Å². The van der Waals surface area contributed by atoms with Crippen LogP contribution in [0.4, 0.5) is 0 Å². The molecule has 2 aromatic rings. The summed E-state index contributed by atoms with van der Waals surface area (Å²) in [5, 5.41) is 3.59. The second-order valence-electron chi connectivity index (χ2n) is 9.66. The Kier molecular flexibility index (Phi) is 10.8. The largest absolute Gasteiger partial charge is 0.377 e. The average Bonchev–Trinajstić information content (AvgIpc) is 2.83. The van der Waals surface area contributed by atoms with Gasteiger partial charge in [0.25, 0.3) is 0 Å². The first kappa shape index (κ1) is 28.1. The number of benzene rings is 2. The number of rotatable bonds is 8. The van der Waals surface area contributed by atoms with E-state index in [-0.39, 0.29) is 10.3 Å². The highest BCUT2D eigenvalue weighted by molar-refractivity contribution is 7.80. The predicted octanol–water partition coefficient (Wildman–Crippen LogP) is 10.1. The smallest absolute Gasteiger partial charge is 0.0762 e. The van der Waals surface area contributed by atoms with Crippen molar-refractivity contribution < 1.29 is 4.28 Å². The van der Waals surface area contributed by atoms with E-state index in [1.165, 1.54) is 51.8 Å². The Hall–Kier alpha value is -2.19. The molecule has 1 aliphatic heterocycles.